The average molecular weight is 227 g/mol. The molecule has 1 unspecified atom stereocenters. The van der Waals surface area contributed by atoms with Crippen LogP contribution in [0.5, 0.6) is 0 Å². The summed E-state index contributed by atoms with van der Waals surface area (Å²) in [5.41, 5.74) is 6.93. The SMILES string of the molecule is C=CCC(N)c1ccnc(Br)c1. The average Bonchev–Trinajstić information content (AvgIpc) is 2.05. The van der Waals surface area contributed by atoms with Crippen molar-refractivity contribution in [3.63, 3.8) is 0 Å². The van der Waals surface area contributed by atoms with Crippen molar-refractivity contribution >= 4 is 15.9 Å². The Morgan fingerprint density at radius 2 is 2.50 bits per heavy atom. The highest BCUT2D eigenvalue weighted by Gasteiger charge is 2.03. The molecule has 64 valence electrons. The van der Waals surface area contributed by atoms with Gasteiger partial charge in [0.25, 0.3) is 0 Å². The van der Waals surface area contributed by atoms with Crippen LogP contribution in [0.3, 0.4) is 0 Å². The standard InChI is InChI=1S/C9H11BrN2/c1-2-3-8(11)7-4-5-12-9(10)6-7/h2,4-6,8H,1,3,11H2. The van der Waals surface area contributed by atoms with Crippen LogP contribution in [0.25, 0.3) is 0 Å². The van der Waals surface area contributed by atoms with E-state index in [-0.39, 0.29) is 6.04 Å². The molecule has 0 spiro atoms. The smallest absolute Gasteiger partial charge is 0.106 e. The van der Waals surface area contributed by atoms with Crippen molar-refractivity contribution in [2.45, 2.75) is 12.5 Å². The summed E-state index contributed by atoms with van der Waals surface area (Å²) in [5, 5.41) is 0. The first-order valence-corrected chi connectivity index (χ1v) is 4.51. The molecular formula is C9H11BrN2. The lowest BCUT2D eigenvalue weighted by molar-refractivity contribution is 0.739. The van der Waals surface area contributed by atoms with Crippen molar-refractivity contribution in [2.75, 3.05) is 0 Å². The summed E-state index contributed by atoms with van der Waals surface area (Å²) in [7, 11) is 0. The fourth-order valence-electron chi connectivity index (χ4n) is 0.964. The van der Waals surface area contributed by atoms with Gasteiger partial charge in [-0.05, 0) is 40.0 Å². The molecule has 0 saturated carbocycles. The quantitative estimate of drug-likeness (QED) is 0.636. The molecule has 1 aromatic heterocycles. The summed E-state index contributed by atoms with van der Waals surface area (Å²) in [4.78, 5) is 4.02. The van der Waals surface area contributed by atoms with Crippen molar-refractivity contribution < 1.29 is 0 Å². The van der Waals surface area contributed by atoms with E-state index < -0.39 is 0 Å². The number of rotatable bonds is 3. The normalized spacial score (nSPS) is 12.5. The molecule has 1 rings (SSSR count). The summed E-state index contributed by atoms with van der Waals surface area (Å²) >= 11 is 3.29. The van der Waals surface area contributed by atoms with Gasteiger partial charge in [-0.15, -0.1) is 6.58 Å². The van der Waals surface area contributed by atoms with Crippen LogP contribution in [-0.2, 0) is 0 Å². The van der Waals surface area contributed by atoms with E-state index in [1.165, 1.54) is 0 Å². The van der Waals surface area contributed by atoms with Crippen molar-refractivity contribution in [2.24, 2.45) is 5.73 Å². The molecule has 0 fully saturated rings. The zero-order valence-corrected chi connectivity index (χ0v) is 8.29. The first-order valence-electron chi connectivity index (χ1n) is 3.72. The van der Waals surface area contributed by atoms with Gasteiger partial charge in [0, 0.05) is 12.2 Å². The van der Waals surface area contributed by atoms with Gasteiger partial charge in [0.1, 0.15) is 4.60 Å². The Morgan fingerprint density at radius 1 is 1.75 bits per heavy atom. The Balaban J connectivity index is 2.80. The maximum Gasteiger partial charge on any atom is 0.106 e. The van der Waals surface area contributed by atoms with Gasteiger partial charge in [-0.25, -0.2) is 4.98 Å². The molecule has 1 atom stereocenters. The third-order valence-electron chi connectivity index (χ3n) is 1.60. The second-order valence-corrected chi connectivity index (χ2v) is 3.36. The molecule has 1 heterocycles. The van der Waals surface area contributed by atoms with Gasteiger partial charge < -0.3 is 5.73 Å². The lowest BCUT2D eigenvalue weighted by atomic mass is 10.1. The van der Waals surface area contributed by atoms with Gasteiger partial charge in [-0.2, -0.15) is 0 Å². The van der Waals surface area contributed by atoms with Gasteiger partial charge in [0.05, 0.1) is 0 Å². The van der Waals surface area contributed by atoms with Gasteiger partial charge in [0.15, 0.2) is 0 Å². The van der Waals surface area contributed by atoms with Crippen LogP contribution in [-0.4, -0.2) is 4.98 Å². The van der Waals surface area contributed by atoms with E-state index in [2.05, 4.69) is 27.5 Å². The molecule has 0 aliphatic carbocycles. The zero-order chi connectivity index (χ0) is 8.97. The third kappa shape index (κ3) is 2.43. The van der Waals surface area contributed by atoms with Crippen molar-refractivity contribution in [3.05, 3.63) is 41.2 Å². The highest BCUT2D eigenvalue weighted by atomic mass is 79.9. The van der Waals surface area contributed by atoms with E-state index in [0.29, 0.717) is 0 Å². The molecule has 12 heavy (non-hydrogen) atoms. The van der Waals surface area contributed by atoms with Crippen LogP contribution in [0.2, 0.25) is 0 Å². The predicted octanol–water partition coefficient (Wildman–Crippen LogP) is 2.42. The molecule has 0 saturated heterocycles. The second kappa shape index (κ2) is 4.38. The van der Waals surface area contributed by atoms with E-state index in [9.17, 15) is 0 Å². The van der Waals surface area contributed by atoms with Crippen LogP contribution < -0.4 is 5.73 Å². The Hall–Kier alpha value is -0.670. The molecule has 2 nitrogen and oxygen atoms in total. The Morgan fingerprint density at radius 3 is 3.08 bits per heavy atom. The predicted molar refractivity (Wildman–Crippen MR) is 53.7 cm³/mol. The fourth-order valence-corrected chi connectivity index (χ4v) is 1.35. The molecule has 3 heteroatoms. The molecule has 0 bridgehead atoms. The maximum atomic E-state index is 5.85. The van der Waals surface area contributed by atoms with Crippen molar-refractivity contribution in [1.82, 2.24) is 4.98 Å². The van der Waals surface area contributed by atoms with Crippen LogP contribution in [0.1, 0.15) is 18.0 Å². The second-order valence-electron chi connectivity index (χ2n) is 2.54. The molecule has 2 N–H and O–H groups in total. The van der Waals surface area contributed by atoms with Crippen LogP contribution in [0.15, 0.2) is 35.6 Å². The lowest BCUT2D eigenvalue weighted by Gasteiger charge is -2.08. The molecule has 0 radical (unpaired) electrons. The first kappa shape index (κ1) is 9.42. The van der Waals surface area contributed by atoms with Crippen molar-refractivity contribution in [3.8, 4) is 0 Å². The van der Waals surface area contributed by atoms with Crippen molar-refractivity contribution in [1.29, 1.82) is 0 Å². The van der Waals surface area contributed by atoms with Gasteiger partial charge >= 0.3 is 0 Å². The van der Waals surface area contributed by atoms with Crippen LogP contribution in [0, 0.1) is 0 Å². The first-order chi connectivity index (χ1) is 5.74. The topological polar surface area (TPSA) is 38.9 Å². The third-order valence-corrected chi connectivity index (χ3v) is 2.03. The van der Waals surface area contributed by atoms with E-state index >= 15 is 0 Å². The Bertz CT molecular complexity index is 273. The maximum absolute atomic E-state index is 5.85. The summed E-state index contributed by atoms with van der Waals surface area (Å²) in [6.45, 7) is 3.64. The fraction of sp³-hybridized carbons (Fsp3) is 0.222. The molecule has 0 amide bonds. The number of pyridine rings is 1. The van der Waals surface area contributed by atoms with Gasteiger partial charge in [0.2, 0.25) is 0 Å². The van der Waals surface area contributed by atoms with E-state index in [1.807, 2.05) is 18.2 Å². The van der Waals surface area contributed by atoms with Crippen LogP contribution >= 0.6 is 15.9 Å². The van der Waals surface area contributed by atoms with E-state index in [4.69, 9.17) is 5.73 Å². The Labute approximate surface area is 80.6 Å². The van der Waals surface area contributed by atoms with E-state index in [0.717, 1.165) is 16.6 Å². The summed E-state index contributed by atoms with van der Waals surface area (Å²) in [6.07, 6.45) is 4.35. The van der Waals surface area contributed by atoms with Gasteiger partial charge in [-0.3, -0.25) is 0 Å². The molecule has 0 aliphatic heterocycles. The largest absolute Gasteiger partial charge is 0.324 e. The molecule has 1 aromatic rings. The molecule has 0 aromatic carbocycles. The highest BCUT2D eigenvalue weighted by molar-refractivity contribution is 9.10. The molecule has 0 aliphatic rings. The van der Waals surface area contributed by atoms with Crippen LogP contribution in [0.4, 0.5) is 0 Å². The monoisotopic (exact) mass is 226 g/mol. The van der Waals surface area contributed by atoms with E-state index in [1.54, 1.807) is 6.20 Å². The minimum Gasteiger partial charge on any atom is -0.324 e. The number of hydrogen-bond acceptors (Lipinski definition) is 2. The minimum absolute atomic E-state index is 0.0294. The lowest BCUT2D eigenvalue weighted by Crippen LogP contribution is -2.08. The number of halogens is 1. The summed E-state index contributed by atoms with van der Waals surface area (Å²) in [6, 6.07) is 3.87. The zero-order valence-electron chi connectivity index (χ0n) is 6.70. The highest BCUT2D eigenvalue weighted by Crippen LogP contribution is 2.16. The summed E-state index contributed by atoms with van der Waals surface area (Å²) in [5.74, 6) is 0. The Kier molecular flexibility index (Phi) is 3.44. The minimum atomic E-state index is 0.0294. The number of nitrogens with zero attached hydrogens (tertiary/aromatic N) is 1. The molecular weight excluding hydrogens is 216 g/mol. The number of aromatic nitrogens is 1. The summed E-state index contributed by atoms with van der Waals surface area (Å²) < 4.78 is 0.819. The van der Waals surface area contributed by atoms with Gasteiger partial charge in [-0.1, -0.05) is 6.08 Å². The number of nitrogens with two attached hydrogens (primary N) is 1. The number of hydrogen-bond donors (Lipinski definition) is 1.